The Morgan fingerprint density at radius 1 is 1.33 bits per heavy atom. The van der Waals surface area contributed by atoms with Crippen LogP contribution in [-0.4, -0.2) is 18.0 Å². The Balaban J connectivity index is 2.57. The van der Waals surface area contributed by atoms with Crippen molar-refractivity contribution in [2.75, 3.05) is 0 Å². The van der Waals surface area contributed by atoms with Gasteiger partial charge in [0.1, 0.15) is 0 Å². The molecule has 112 valence electrons. The minimum Gasteiger partial charge on any atom is -0.370 e. The number of amides is 1. The average molecular weight is 297 g/mol. The van der Waals surface area contributed by atoms with Gasteiger partial charge in [0.15, 0.2) is 5.96 Å². The molecule has 2 rings (SSSR count). The van der Waals surface area contributed by atoms with Crippen molar-refractivity contribution in [2.24, 2.45) is 22.4 Å². The Labute approximate surface area is 119 Å². The topological polar surface area (TPSA) is 81.5 Å². The second-order valence-electron chi connectivity index (χ2n) is 4.89. The van der Waals surface area contributed by atoms with Gasteiger partial charge in [-0.2, -0.15) is 18.2 Å². The molecule has 1 aromatic rings. The van der Waals surface area contributed by atoms with Gasteiger partial charge in [0.25, 0.3) is 5.91 Å². The lowest BCUT2D eigenvalue weighted by Gasteiger charge is -2.27. The molecule has 1 amide bonds. The summed E-state index contributed by atoms with van der Waals surface area (Å²) in [6.45, 7) is 1.77. The molecule has 0 aromatic heterocycles. The van der Waals surface area contributed by atoms with Crippen molar-refractivity contribution in [1.82, 2.24) is 0 Å². The maximum atomic E-state index is 13.2. The fourth-order valence-corrected chi connectivity index (χ4v) is 2.40. The van der Waals surface area contributed by atoms with Crippen molar-refractivity contribution in [1.29, 1.82) is 0 Å². The molecule has 0 aliphatic heterocycles. The minimum atomic E-state index is -4.54. The zero-order valence-corrected chi connectivity index (χ0v) is 11.2. The van der Waals surface area contributed by atoms with Gasteiger partial charge in [0.05, 0.1) is 5.92 Å². The Hall–Kier alpha value is -2.31. The van der Waals surface area contributed by atoms with Crippen LogP contribution in [-0.2, 0) is 11.2 Å². The number of hydrogen-bond donors (Lipinski definition) is 2. The summed E-state index contributed by atoms with van der Waals surface area (Å²) in [5, 5.41) is 0. The highest BCUT2D eigenvalue weighted by molar-refractivity contribution is 6.05. The minimum absolute atomic E-state index is 0.294. The Kier molecular flexibility index (Phi) is 3.76. The standard InChI is InChI=1S/C14H14F3N3O/c1-7-3-2-4-8-5-11(14(15,16)17)10(6-9(7)8)12(21)20-13(18)19/h2-4,6,11H,5H2,1H3,(H4,18,19,20,21)/t11-/m0/s1. The van der Waals surface area contributed by atoms with Gasteiger partial charge < -0.3 is 11.5 Å². The van der Waals surface area contributed by atoms with E-state index >= 15 is 0 Å². The molecule has 0 unspecified atom stereocenters. The van der Waals surface area contributed by atoms with E-state index in [4.69, 9.17) is 11.5 Å². The fourth-order valence-electron chi connectivity index (χ4n) is 2.40. The van der Waals surface area contributed by atoms with Crippen molar-refractivity contribution in [3.63, 3.8) is 0 Å². The molecule has 21 heavy (non-hydrogen) atoms. The highest BCUT2D eigenvalue weighted by atomic mass is 19.4. The molecule has 0 bridgehead atoms. The van der Waals surface area contributed by atoms with Gasteiger partial charge in [-0.3, -0.25) is 4.79 Å². The molecule has 7 heteroatoms. The second-order valence-corrected chi connectivity index (χ2v) is 4.89. The third-order valence-corrected chi connectivity index (χ3v) is 3.39. The largest absolute Gasteiger partial charge is 0.396 e. The van der Waals surface area contributed by atoms with Crippen LogP contribution in [0.4, 0.5) is 13.2 Å². The zero-order chi connectivity index (χ0) is 15.8. The molecule has 0 saturated heterocycles. The van der Waals surface area contributed by atoms with E-state index in [2.05, 4.69) is 4.99 Å². The molecule has 4 N–H and O–H groups in total. The lowest BCUT2D eigenvalue weighted by Crippen LogP contribution is -2.33. The van der Waals surface area contributed by atoms with Gasteiger partial charge in [-0.15, -0.1) is 0 Å². The summed E-state index contributed by atoms with van der Waals surface area (Å²) < 4.78 is 39.5. The first kappa shape index (κ1) is 15.1. The SMILES string of the molecule is Cc1cccc2c1C=C(C(=O)N=C(N)N)[C@@H](C(F)(F)F)C2. The third kappa shape index (κ3) is 3.07. The number of halogens is 3. The Morgan fingerprint density at radius 3 is 2.57 bits per heavy atom. The molecule has 0 radical (unpaired) electrons. The van der Waals surface area contributed by atoms with E-state index in [9.17, 15) is 18.0 Å². The van der Waals surface area contributed by atoms with Gasteiger partial charge in [0.2, 0.25) is 0 Å². The number of nitrogens with zero attached hydrogens (tertiary/aromatic N) is 1. The number of nitrogens with two attached hydrogens (primary N) is 2. The molecule has 0 saturated carbocycles. The highest BCUT2D eigenvalue weighted by Crippen LogP contribution is 2.40. The summed E-state index contributed by atoms with van der Waals surface area (Å²) in [5.74, 6) is -3.51. The molecule has 0 spiro atoms. The summed E-state index contributed by atoms with van der Waals surface area (Å²) in [4.78, 5) is 15.1. The first-order valence-corrected chi connectivity index (χ1v) is 6.21. The summed E-state index contributed by atoms with van der Waals surface area (Å²) in [5.41, 5.74) is 11.7. The number of hydrogen-bond acceptors (Lipinski definition) is 1. The van der Waals surface area contributed by atoms with Crippen LogP contribution in [0.25, 0.3) is 6.08 Å². The Morgan fingerprint density at radius 2 is 2.00 bits per heavy atom. The van der Waals surface area contributed by atoms with Crippen LogP contribution in [0.2, 0.25) is 0 Å². The quantitative estimate of drug-likeness (QED) is 0.613. The summed E-state index contributed by atoms with van der Waals surface area (Å²) >= 11 is 0. The van der Waals surface area contributed by atoms with Crippen molar-refractivity contribution in [2.45, 2.75) is 19.5 Å². The molecular weight excluding hydrogens is 283 g/mol. The predicted molar refractivity (Wildman–Crippen MR) is 73.2 cm³/mol. The van der Waals surface area contributed by atoms with Crippen molar-refractivity contribution in [3.8, 4) is 0 Å². The van der Waals surface area contributed by atoms with Crippen LogP contribution >= 0.6 is 0 Å². The maximum absolute atomic E-state index is 13.2. The Bertz CT molecular complexity index is 643. The fraction of sp³-hybridized carbons (Fsp3) is 0.286. The molecule has 1 aromatic carbocycles. The number of aryl methyl sites for hydroxylation is 1. The van der Waals surface area contributed by atoms with Gasteiger partial charge in [-0.25, -0.2) is 0 Å². The summed E-state index contributed by atoms with van der Waals surface area (Å²) in [7, 11) is 0. The number of guanidine groups is 1. The number of carbonyl (C=O) groups is 1. The van der Waals surface area contributed by atoms with Gasteiger partial charge in [0, 0.05) is 5.57 Å². The lowest BCUT2D eigenvalue weighted by molar-refractivity contribution is -0.166. The van der Waals surface area contributed by atoms with E-state index in [1.807, 2.05) is 0 Å². The second kappa shape index (κ2) is 5.23. The normalized spacial score (nSPS) is 17.7. The predicted octanol–water partition coefficient (Wildman–Crippen LogP) is 1.91. The van der Waals surface area contributed by atoms with E-state index in [0.717, 1.165) is 5.56 Å². The van der Waals surface area contributed by atoms with Crippen molar-refractivity contribution in [3.05, 3.63) is 40.5 Å². The molecule has 0 fully saturated rings. The molecule has 4 nitrogen and oxygen atoms in total. The van der Waals surface area contributed by atoms with Crippen LogP contribution in [0.1, 0.15) is 16.7 Å². The van der Waals surface area contributed by atoms with Crippen LogP contribution in [0.5, 0.6) is 0 Å². The number of rotatable bonds is 1. The molecular formula is C14H14F3N3O. The molecule has 1 aliphatic carbocycles. The van der Waals surface area contributed by atoms with Gasteiger partial charge in [-0.05, 0) is 36.1 Å². The lowest BCUT2D eigenvalue weighted by atomic mass is 9.81. The van der Waals surface area contributed by atoms with Crippen LogP contribution in [0.15, 0.2) is 28.8 Å². The third-order valence-electron chi connectivity index (χ3n) is 3.39. The smallest absolute Gasteiger partial charge is 0.370 e. The summed E-state index contributed by atoms with van der Waals surface area (Å²) in [6, 6.07) is 5.09. The average Bonchev–Trinajstić information content (AvgIpc) is 2.36. The van der Waals surface area contributed by atoms with Crippen LogP contribution in [0.3, 0.4) is 0 Å². The molecule has 1 aliphatic rings. The monoisotopic (exact) mass is 297 g/mol. The highest BCUT2D eigenvalue weighted by Gasteiger charge is 2.45. The van der Waals surface area contributed by atoms with E-state index in [1.54, 1.807) is 25.1 Å². The van der Waals surface area contributed by atoms with E-state index in [1.165, 1.54) is 6.08 Å². The number of aliphatic imine (C=N–C) groups is 1. The first-order valence-electron chi connectivity index (χ1n) is 6.21. The first-order chi connectivity index (χ1) is 9.70. The van der Waals surface area contributed by atoms with E-state index in [0.29, 0.717) is 11.1 Å². The van der Waals surface area contributed by atoms with Crippen molar-refractivity contribution >= 4 is 17.9 Å². The van der Waals surface area contributed by atoms with Gasteiger partial charge in [-0.1, -0.05) is 18.2 Å². The zero-order valence-electron chi connectivity index (χ0n) is 11.2. The molecule has 1 atom stereocenters. The number of fused-ring (bicyclic) bond motifs is 1. The maximum Gasteiger partial charge on any atom is 0.396 e. The van der Waals surface area contributed by atoms with Gasteiger partial charge >= 0.3 is 6.18 Å². The van der Waals surface area contributed by atoms with Crippen LogP contribution in [0, 0.1) is 12.8 Å². The number of alkyl halides is 3. The number of carbonyl (C=O) groups excluding carboxylic acids is 1. The van der Waals surface area contributed by atoms with Crippen LogP contribution < -0.4 is 11.5 Å². The van der Waals surface area contributed by atoms with Crippen molar-refractivity contribution < 1.29 is 18.0 Å². The summed E-state index contributed by atoms with van der Waals surface area (Å²) in [6.07, 6.45) is -3.60. The van der Waals surface area contributed by atoms with E-state index in [-0.39, 0.29) is 6.42 Å². The molecule has 0 heterocycles. The van der Waals surface area contributed by atoms with E-state index < -0.39 is 29.5 Å². The number of benzene rings is 1.